The summed E-state index contributed by atoms with van der Waals surface area (Å²) in [5.74, 6) is 1.01. The first kappa shape index (κ1) is 26.8. The molecule has 0 bridgehead atoms. The lowest BCUT2D eigenvalue weighted by Crippen LogP contribution is -2.37. The SMILES string of the molecule is CCN1CCCC1CNCc1cccc(OC)c1OCc1ccc(F)cc1Cl.Cl.Cl. The summed E-state index contributed by atoms with van der Waals surface area (Å²) >= 11 is 6.12. The minimum Gasteiger partial charge on any atom is -0.493 e. The van der Waals surface area contributed by atoms with Crippen LogP contribution >= 0.6 is 36.4 Å². The van der Waals surface area contributed by atoms with Gasteiger partial charge in [0.1, 0.15) is 12.4 Å². The van der Waals surface area contributed by atoms with Crippen molar-refractivity contribution in [3.8, 4) is 11.5 Å². The molecule has 0 aliphatic carbocycles. The second-order valence-corrected chi connectivity index (χ2v) is 7.44. The number of ether oxygens (including phenoxy) is 2. The molecule has 1 N–H and O–H groups in total. The molecule has 2 aromatic rings. The lowest BCUT2D eigenvalue weighted by atomic mass is 10.1. The van der Waals surface area contributed by atoms with Gasteiger partial charge in [-0.3, -0.25) is 4.90 Å². The number of methoxy groups -OCH3 is 1. The minimum absolute atomic E-state index is 0. The number of nitrogens with one attached hydrogen (secondary N) is 1. The monoisotopic (exact) mass is 478 g/mol. The number of halogens is 4. The first-order valence-electron chi connectivity index (χ1n) is 9.79. The van der Waals surface area contributed by atoms with E-state index in [0.717, 1.165) is 24.2 Å². The zero-order valence-electron chi connectivity index (χ0n) is 17.3. The number of rotatable bonds is 9. The third kappa shape index (κ3) is 6.89. The third-order valence-corrected chi connectivity index (χ3v) is 5.62. The van der Waals surface area contributed by atoms with Crippen molar-refractivity contribution >= 4 is 36.4 Å². The van der Waals surface area contributed by atoms with Crippen molar-refractivity contribution in [2.75, 3.05) is 26.7 Å². The van der Waals surface area contributed by atoms with Gasteiger partial charge in [0.05, 0.1) is 12.1 Å². The molecule has 0 aromatic heterocycles. The fourth-order valence-corrected chi connectivity index (χ4v) is 3.95. The van der Waals surface area contributed by atoms with Crippen LogP contribution < -0.4 is 14.8 Å². The summed E-state index contributed by atoms with van der Waals surface area (Å²) < 4.78 is 24.8. The first-order valence-corrected chi connectivity index (χ1v) is 10.2. The predicted octanol–water partition coefficient (Wildman–Crippen LogP) is 5.48. The van der Waals surface area contributed by atoms with Gasteiger partial charge in [0.2, 0.25) is 0 Å². The Kier molecular flexibility index (Phi) is 11.8. The van der Waals surface area contributed by atoms with E-state index >= 15 is 0 Å². The van der Waals surface area contributed by atoms with E-state index in [1.54, 1.807) is 13.2 Å². The van der Waals surface area contributed by atoms with Crippen molar-refractivity contribution in [1.29, 1.82) is 0 Å². The number of para-hydroxylation sites is 1. The number of hydrogen-bond acceptors (Lipinski definition) is 4. The Morgan fingerprint density at radius 1 is 1.20 bits per heavy atom. The number of nitrogens with zero attached hydrogens (tertiary/aromatic N) is 1. The van der Waals surface area contributed by atoms with Gasteiger partial charge in [0, 0.05) is 30.3 Å². The Morgan fingerprint density at radius 2 is 2.00 bits per heavy atom. The van der Waals surface area contributed by atoms with Gasteiger partial charge in [-0.25, -0.2) is 4.39 Å². The lowest BCUT2D eigenvalue weighted by Gasteiger charge is -2.23. The zero-order valence-corrected chi connectivity index (χ0v) is 19.7. The highest BCUT2D eigenvalue weighted by molar-refractivity contribution is 6.31. The molecule has 4 nitrogen and oxygen atoms in total. The molecule has 168 valence electrons. The van der Waals surface area contributed by atoms with Crippen molar-refractivity contribution in [3.05, 3.63) is 58.4 Å². The van der Waals surface area contributed by atoms with Crippen molar-refractivity contribution in [2.24, 2.45) is 0 Å². The fourth-order valence-electron chi connectivity index (χ4n) is 3.73. The standard InChI is InChI=1S/C22H28ClFN2O2.2ClH/c1-3-26-11-5-7-19(26)14-25-13-16-6-4-8-21(27-2)22(16)28-15-17-9-10-18(24)12-20(17)23;;/h4,6,8-10,12,19,25H,3,5,7,11,13-15H2,1-2H3;2*1H. The number of likely N-dealkylation sites (N-methyl/N-ethyl adjacent to an activating group) is 1. The molecule has 0 amide bonds. The Bertz CT molecular complexity index is 795. The molecule has 1 aliphatic heterocycles. The molecule has 1 saturated heterocycles. The van der Waals surface area contributed by atoms with Crippen LogP contribution in [-0.4, -0.2) is 37.7 Å². The van der Waals surface area contributed by atoms with Gasteiger partial charge in [-0.15, -0.1) is 24.8 Å². The molecule has 0 spiro atoms. The predicted molar refractivity (Wildman–Crippen MR) is 125 cm³/mol. The molecule has 8 heteroatoms. The van der Waals surface area contributed by atoms with Crippen LogP contribution in [0.25, 0.3) is 0 Å². The van der Waals surface area contributed by atoms with Gasteiger partial charge in [0.25, 0.3) is 0 Å². The van der Waals surface area contributed by atoms with Crippen LogP contribution in [0.4, 0.5) is 4.39 Å². The highest BCUT2D eigenvalue weighted by Gasteiger charge is 2.22. The van der Waals surface area contributed by atoms with Gasteiger partial charge in [-0.05, 0) is 44.1 Å². The summed E-state index contributed by atoms with van der Waals surface area (Å²) in [7, 11) is 1.63. The van der Waals surface area contributed by atoms with Gasteiger partial charge in [-0.2, -0.15) is 0 Å². The molecular formula is C22H30Cl3FN2O2. The van der Waals surface area contributed by atoms with E-state index < -0.39 is 0 Å². The van der Waals surface area contributed by atoms with Crippen molar-refractivity contribution < 1.29 is 13.9 Å². The Hall–Kier alpha value is -1.24. The van der Waals surface area contributed by atoms with E-state index in [9.17, 15) is 4.39 Å². The van der Waals surface area contributed by atoms with Gasteiger partial charge >= 0.3 is 0 Å². The van der Waals surface area contributed by atoms with Gasteiger partial charge < -0.3 is 14.8 Å². The highest BCUT2D eigenvalue weighted by atomic mass is 35.5. The molecule has 3 rings (SSSR count). The smallest absolute Gasteiger partial charge is 0.166 e. The maximum atomic E-state index is 13.3. The van der Waals surface area contributed by atoms with Crippen molar-refractivity contribution in [2.45, 2.75) is 39.0 Å². The Labute approximate surface area is 195 Å². The third-order valence-electron chi connectivity index (χ3n) is 5.27. The van der Waals surface area contributed by atoms with Crippen molar-refractivity contribution in [3.63, 3.8) is 0 Å². The van der Waals surface area contributed by atoms with Crippen LogP contribution in [0.3, 0.4) is 0 Å². The van der Waals surface area contributed by atoms with E-state index in [1.807, 2.05) is 18.2 Å². The Morgan fingerprint density at radius 3 is 2.70 bits per heavy atom. The van der Waals surface area contributed by atoms with Crippen LogP contribution in [0.2, 0.25) is 5.02 Å². The maximum Gasteiger partial charge on any atom is 0.166 e. The zero-order chi connectivity index (χ0) is 19.9. The molecule has 1 fully saturated rings. The van der Waals surface area contributed by atoms with Crippen molar-refractivity contribution in [1.82, 2.24) is 10.2 Å². The molecule has 0 radical (unpaired) electrons. The number of hydrogen-bond donors (Lipinski definition) is 1. The van der Waals surface area contributed by atoms with E-state index in [-0.39, 0.29) is 37.2 Å². The largest absolute Gasteiger partial charge is 0.493 e. The van der Waals surface area contributed by atoms with Gasteiger partial charge in [0.15, 0.2) is 11.5 Å². The summed E-state index contributed by atoms with van der Waals surface area (Å²) in [6.45, 7) is 6.39. The fraction of sp³-hybridized carbons (Fsp3) is 0.455. The summed E-state index contributed by atoms with van der Waals surface area (Å²) in [6, 6.07) is 10.8. The maximum absolute atomic E-state index is 13.3. The normalized spacial score (nSPS) is 15.9. The highest BCUT2D eigenvalue weighted by Crippen LogP contribution is 2.32. The minimum atomic E-state index is -0.357. The first-order chi connectivity index (χ1) is 13.6. The molecule has 30 heavy (non-hydrogen) atoms. The van der Waals surface area contributed by atoms with E-state index in [4.69, 9.17) is 21.1 Å². The average Bonchev–Trinajstić information content (AvgIpc) is 3.15. The quantitative estimate of drug-likeness (QED) is 0.516. The van der Waals surface area contributed by atoms with Crippen LogP contribution in [0.1, 0.15) is 30.9 Å². The second-order valence-electron chi connectivity index (χ2n) is 7.03. The molecule has 1 aliphatic rings. The van der Waals surface area contributed by atoms with Crippen LogP contribution in [0.15, 0.2) is 36.4 Å². The number of likely N-dealkylation sites (tertiary alicyclic amines) is 1. The van der Waals surface area contributed by atoms with E-state index in [2.05, 4.69) is 17.1 Å². The molecule has 1 unspecified atom stereocenters. The summed E-state index contributed by atoms with van der Waals surface area (Å²) in [4.78, 5) is 2.52. The molecular weight excluding hydrogens is 450 g/mol. The second kappa shape index (κ2) is 13.2. The van der Waals surface area contributed by atoms with E-state index in [1.165, 1.54) is 31.5 Å². The molecule has 1 heterocycles. The molecule has 0 saturated carbocycles. The Balaban J connectivity index is 0.00000225. The average molecular weight is 480 g/mol. The number of benzene rings is 2. The molecule has 1 atom stereocenters. The molecule has 2 aromatic carbocycles. The summed E-state index contributed by atoms with van der Waals surface area (Å²) in [6.07, 6.45) is 2.51. The van der Waals surface area contributed by atoms with Crippen LogP contribution in [0, 0.1) is 5.82 Å². The topological polar surface area (TPSA) is 33.7 Å². The van der Waals surface area contributed by atoms with E-state index in [0.29, 0.717) is 29.1 Å². The summed E-state index contributed by atoms with van der Waals surface area (Å²) in [5.41, 5.74) is 1.76. The van der Waals surface area contributed by atoms with Crippen LogP contribution in [-0.2, 0) is 13.2 Å². The van der Waals surface area contributed by atoms with Crippen LogP contribution in [0.5, 0.6) is 11.5 Å². The van der Waals surface area contributed by atoms with Gasteiger partial charge in [-0.1, -0.05) is 36.7 Å². The lowest BCUT2D eigenvalue weighted by molar-refractivity contribution is 0.258. The summed E-state index contributed by atoms with van der Waals surface area (Å²) in [5, 5.41) is 3.92.